The van der Waals surface area contributed by atoms with Gasteiger partial charge in [0, 0.05) is 18.8 Å². The van der Waals surface area contributed by atoms with Gasteiger partial charge in [-0.25, -0.2) is 8.42 Å². The number of halogens is 3. The maximum atomic E-state index is 12.9. The second-order valence-electron chi connectivity index (χ2n) is 6.06. The Morgan fingerprint density at radius 2 is 2.12 bits per heavy atom. The van der Waals surface area contributed by atoms with Gasteiger partial charge >= 0.3 is 6.61 Å². The standard InChI is InChI=1S/C15H17ClF2N2O4S2/c1-19(9-2-3-9)14(21)12-7-25-8-20(12)26(22,23)10-4-5-13(11(16)6-10)24-15(17)18/h4-6,9,12,15H,2-3,7-8H2,1H3. The Labute approximate surface area is 159 Å². The van der Waals surface area contributed by atoms with Crippen LogP contribution in [-0.4, -0.2) is 60.9 Å². The van der Waals surface area contributed by atoms with Gasteiger partial charge in [-0.15, -0.1) is 11.8 Å². The smallest absolute Gasteiger partial charge is 0.387 e. The van der Waals surface area contributed by atoms with Gasteiger partial charge in [-0.2, -0.15) is 13.1 Å². The molecule has 6 nitrogen and oxygen atoms in total. The van der Waals surface area contributed by atoms with Crippen LogP contribution in [0.3, 0.4) is 0 Å². The zero-order chi connectivity index (χ0) is 19.1. The second-order valence-corrected chi connectivity index (χ2v) is 9.36. The van der Waals surface area contributed by atoms with E-state index in [1.165, 1.54) is 11.8 Å². The van der Waals surface area contributed by atoms with E-state index in [1.807, 2.05) is 0 Å². The number of amides is 1. The second kappa shape index (κ2) is 7.49. The van der Waals surface area contributed by atoms with Crippen LogP contribution in [0.5, 0.6) is 5.75 Å². The van der Waals surface area contributed by atoms with Crippen LogP contribution in [0.2, 0.25) is 5.02 Å². The molecule has 0 spiro atoms. The van der Waals surface area contributed by atoms with Crippen molar-refractivity contribution < 1.29 is 26.7 Å². The number of thioether (sulfide) groups is 1. The van der Waals surface area contributed by atoms with E-state index >= 15 is 0 Å². The van der Waals surface area contributed by atoms with Gasteiger partial charge in [0.15, 0.2) is 0 Å². The predicted molar refractivity (Wildman–Crippen MR) is 94.0 cm³/mol. The molecule has 1 heterocycles. The number of likely N-dealkylation sites (N-methyl/N-ethyl adjacent to an activating group) is 1. The van der Waals surface area contributed by atoms with Crippen molar-refractivity contribution in [3.63, 3.8) is 0 Å². The third-order valence-electron chi connectivity index (χ3n) is 4.30. The normalized spacial score (nSPS) is 21.2. The summed E-state index contributed by atoms with van der Waals surface area (Å²) in [5.74, 6) is -0.0260. The van der Waals surface area contributed by atoms with Crippen molar-refractivity contribution >= 4 is 39.3 Å². The summed E-state index contributed by atoms with van der Waals surface area (Å²) >= 11 is 7.21. The number of benzene rings is 1. The van der Waals surface area contributed by atoms with E-state index in [0.717, 1.165) is 35.3 Å². The highest BCUT2D eigenvalue weighted by Crippen LogP contribution is 2.35. The van der Waals surface area contributed by atoms with Crippen LogP contribution in [0, 0.1) is 0 Å². The van der Waals surface area contributed by atoms with Crippen LogP contribution < -0.4 is 4.74 Å². The van der Waals surface area contributed by atoms with Crippen LogP contribution in [-0.2, 0) is 14.8 Å². The molecule has 11 heteroatoms. The predicted octanol–water partition coefficient (Wildman–Crippen LogP) is 2.63. The highest BCUT2D eigenvalue weighted by Gasteiger charge is 2.43. The molecule has 1 unspecified atom stereocenters. The van der Waals surface area contributed by atoms with Gasteiger partial charge in [-0.1, -0.05) is 11.6 Å². The summed E-state index contributed by atoms with van der Waals surface area (Å²) in [6, 6.07) is 2.68. The minimum absolute atomic E-state index is 0.143. The first kappa shape index (κ1) is 19.7. The fourth-order valence-corrected chi connectivity index (χ4v) is 6.16. The Kier molecular flexibility index (Phi) is 5.66. The lowest BCUT2D eigenvalue weighted by atomic mass is 10.3. The SMILES string of the molecule is CN(C(=O)C1CSCN1S(=O)(=O)c1ccc(OC(F)F)c(Cl)c1)C1CC1. The number of rotatable bonds is 6. The average molecular weight is 427 g/mol. The minimum Gasteiger partial charge on any atom is -0.433 e. The van der Waals surface area contributed by atoms with Crippen molar-refractivity contribution in [3.8, 4) is 5.75 Å². The van der Waals surface area contributed by atoms with Crippen LogP contribution in [0.15, 0.2) is 23.1 Å². The van der Waals surface area contributed by atoms with Crippen molar-refractivity contribution in [3.05, 3.63) is 23.2 Å². The van der Waals surface area contributed by atoms with Crippen LogP contribution in [0.1, 0.15) is 12.8 Å². The van der Waals surface area contributed by atoms with Gasteiger partial charge in [0.05, 0.1) is 15.8 Å². The van der Waals surface area contributed by atoms with E-state index in [2.05, 4.69) is 4.74 Å². The van der Waals surface area contributed by atoms with Gasteiger partial charge in [-0.3, -0.25) is 4.79 Å². The number of alkyl halides is 2. The van der Waals surface area contributed by atoms with Crippen molar-refractivity contribution in [1.29, 1.82) is 0 Å². The average Bonchev–Trinajstić information content (AvgIpc) is 3.30. The molecule has 1 amide bonds. The molecule has 1 aromatic rings. The topological polar surface area (TPSA) is 66.9 Å². The third-order valence-corrected chi connectivity index (χ3v) is 7.62. The van der Waals surface area contributed by atoms with Crippen LogP contribution in [0.4, 0.5) is 8.78 Å². The highest BCUT2D eigenvalue weighted by molar-refractivity contribution is 8.00. The fourth-order valence-electron chi connectivity index (χ4n) is 2.70. The zero-order valence-corrected chi connectivity index (χ0v) is 16.2. The molecule has 0 aromatic heterocycles. The van der Waals surface area contributed by atoms with Crippen molar-refractivity contribution in [2.75, 3.05) is 18.7 Å². The first-order valence-corrected chi connectivity index (χ1v) is 10.8. The molecule has 26 heavy (non-hydrogen) atoms. The molecule has 1 aromatic carbocycles. The number of sulfonamides is 1. The Morgan fingerprint density at radius 3 is 2.69 bits per heavy atom. The van der Waals surface area contributed by atoms with Gasteiger partial charge in [-0.05, 0) is 31.0 Å². The summed E-state index contributed by atoms with van der Waals surface area (Å²) < 4.78 is 55.9. The number of hydrogen-bond donors (Lipinski definition) is 0. The van der Waals surface area contributed by atoms with Crippen molar-refractivity contribution in [2.45, 2.75) is 36.4 Å². The van der Waals surface area contributed by atoms with E-state index in [4.69, 9.17) is 11.6 Å². The molecule has 1 aliphatic heterocycles. The van der Waals surface area contributed by atoms with Crippen LogP contribution >= 0.6 is 23.4 Å². The van der Waals surface area contributed by atoms with Gasteiger partial charge in [0.1, 0.15) is 11.8 Å². The molecule has 2 fully saturated rings. The van der Waals surface area contributed by atoms with Crippen molar-refractivity contribution in [1.82, 2.24) is 9.21 Å². The van der Waals surface area contributed by atoms with Gasteiger partial charge in [0.2, 0.25) is 15.9 Å². The minimum atomic E-state index is -4.00. The molecule has 1 atom stereocenters. The van der Waals surface area contributed by atoms with E-state index in [0.29, 0.717) is 5.75 Å². The number of carbonyl (C=O) groups excluding carboxylic acids is 1. The van der Waals surface area contributed by atoms with Crippen molar-refractivity contribution in [2.24, 2.45) is 0 Å². The molecule has 144 valence electrons. The van der Waals surface area contributed by atoms with E-state index in [1.54, 1.807) is 11.9 Å². The lowest BCUT2D eigenvalue weighted by Gasteiger charge is -2.27. The number of nitrogens with zero attached hydrogens (tertiary/aromatic N) is 2. The molecular weight excluding hydrogens is 410 g/mol. The Bertz CT molecular complexity index is 805. The number of hydrogen-bond acceptors (Lipinski definition) is 5. The van der Waals surface area contributed by atoms with E-state index in [-0.39, 0.29) is 33.5 Å². The summed E-state index contributed by atoms with van der Waals surface area (Å²) in [7, 11) is -2.32. The lowest BCUT2D eigenvalue weighted by Crippen LogP contribution is -2.48. The maximum absolute atomic E-state index is 12.9. The molecule has 1 saturated carbocycles. The summed E-state index contributed by atoms with van der Waals surface area (Å²) in [6.45, 7) is -3.06. The zero-order valence-electron chi connectivity index (χ0n) is 13.8. The first-order valence-electron chi connectivity index (χ1n) is 7.82. The highest BCUT2D eigenvalue weighted by atomic mass is 35.5. The Morgan fingerprint density at radius 1 is 1.42 bits per heavy atom. The van der Waals surface area contributed by atoms with E-state index in [9.17, 15) is 22.0 Å². The number of carbonyl (C=O) groups is 1. The Hall–Kier alpha value is -1.10. The van der Waals surface area contributed by atoms with Crippen LogP contribution in [0.25, 0.3) is 0 Å². The molecule has 1 aliphatic carbocycles. The third kappa shape index (κ3) is 3.92. The Balaban J connectivity index is 1.84. The van der Waals surface area contributed by atoms with Gasteiger partial charge < -0.3 is 9.64 Å². The molecule has 0 radical (unpaired) electrons. The number of ether oxygens (including phenoxy) is 1. The molecule has 2 aliphatic rings. The molecular formula is C15H17ClF2N2O4S2. The molecule has 0 N–H and O–H groups in total. The largest absolute Gasteiger partial charge is 0.433 e. The quantitative estimate of drug-likeness (QED) is 0.699. The summed E-state index contributed by atoms with van der Waals surface area (Å²) in [5, 5.41) is -0.240. The van der Waals surface area contributed by atoms with E-state index < -0.39 is 22.7 Å². The molecule has 3 rings (SSSR count). The first-order chi connectivity index (χ1) is 12.2. The molecule has 1 saturated heterocycles. The van der Waals surface area contributed by atoms with Gasteiger partial charge in [0.25, 0.3) is 0 Å². The summed E-state index contributed by atoms with van der Waals surface area (Å²) in [5.41, 5.74) is 0. The fraction of sp³-hybridized carbons (Fsp3) is 0.533. The maximum Gasteiger partial charge on any atom is 0.387 e. The molecule has 0 bridgehead atoms. The summed E-state index contributed by atoms with van der Waals surface area (Å²) in [4.78, 5) is 14.1. The monoisotopic (exact) mass is 426 g/mol. The lowest BCUT2D eigenvalue weighted by molar-refractivity contribution is -0.133. The summed E-state index contributed by atoms with van der Waals surface area (Å²) in [6.07, 6.45) is 1.85.